The van der Waals surface area contributed by atoms with Crippen molar-refractivity contribution in [3.8, 4) is 0 Å². The van der Waals surface area contributed by atoms with Crippen molar-refractivity contribution in [2.24, 2.45) is 0 Å². The van der Waals surface area contributed by atoms with Crippen LogP contribution in [0.4, 0.5) is 0 Å². The zero-order chi connectivity index (χ0) is 22.8. The molecule has 0 fully saturated rings. The third kappa shape index (κ3) is 45.9. The molecule has 0 saturated heterocycles. The summed E-state index contributed by atoms with van der Waals surface area (Å²) in [6, 6.07) is 12.0. The SMILES string of the molecule is CCOP([O-])OCC.CCOP([O-])OCC.CCOP([O-])OCC.[Co+3].[Na+].[c-]1[c-][c-][cH-][c-]1. The van der Waals surface area contributed by atoms with Gasteiger partial charge in [0.25, 0.3) is 0 Å². The van der Waals surface area contributed by atoms with Crippen molar-refractivity contribution in [2.75, 3.05) is 39.6 Å². The molecule has 0 radical (unpaired) electrons. The van der Waals surface area contributed by atoms with Crippen molar-refractivity contribution in [1.82, 2.24) is 0 Å². The molecule has 0 unspecified atom stereocenters. The fourth-order valence-corrected chi connectivity index (χ4v) is 2.41. The zero-order valence-corrected chi connectivity index (χ0v) is 24.9. The van der Waals surface area contributed by atoms with Crippen LogP contribution in [0.15, 0.2) is 6.07 Å². The first kappa shape index (κ1) is 42.9. The Morgan fingerprint density at radius 2 is 0.742 bits per heavy atom. The van der Waals surface area contributed by atoms with Gasteiger partial charge in [-0.3, -0.25) is 0 Å². The minimum atomic E-state index is -1.83. The second-order valence-electron chi connectivity index (χ2n) is 3.86. The molecule has 0 heterocycles. The summed E-state index contributed by atoms with van der Waals surface area (Å²) in [6.07, 6.45) is 0. The second-order valence-corrected chi connectivity index (χ2v) is 6.75. The average Bonchev–Trinajstić information content (AvgIpc) is 3.24. The van der Waals surface area contributed by atoms with Crippen LogP contribution in [0.3, 0.4) is 0 Å². The molecule has 0 aromatic heterocycles. The van der Waals surface area contributed by atoms with E-state index in [0.717, 1.165) is 0 Å². The monoisotopic (exact) mass is 554 g/mol. The van der Waals surface area contributed by atoms with Gasteiger partial charge in [-0.05, 0) is 41.5 Å². The Hall–Kier alpha value is 1.79. The van der Waals surface area contributed by atoms with Gasteiger partial charge in [-0.1, -0.05) is 0 Å². The summed E-state index contributed by atoms with van der Waals surface area (Å²) in [7, 11) is -5.49. The molecule has 1 aromatic rings. The van der Waals surface area contributed by atoms with Gasteiger partial charge >= 0.3 is 46.3 Å². The molecule has 0 spiro atoms. The molecule has 9 nitrogen and oxygen atoms in total. The van der Waals surface area contributed by atoms with Gasteiger partial charge < -0.3 is 72.2 Å². The van der Waals surface area contributed by atoms with Crippen LogP contribution < -0.4 is 44.2 Å². The molecule has 1 rings (SSSR count). The van der Waals surface area contributed by atoms with Gasteiger partial charge in [0.05, 0.1) is 25.8 Å². The molecule has 0 N–H and O–H groups in total. The van der Waals surface area contributed by atoms with E-state index < -0.39 is 25.8 Å². The summed E-state index contributed by atoms with van der Waals surface area (Å²) in [4.78, 5) is 31.0. The van der Waals surface area contributed by atoms with E-state index in [9.17, 15) is 14.7 Å². The molecule has 0 atom stereocenters. The molecule has 0 saturated carbocycles. The molecule has 14 heteroatoms. The largest absolute Gasteiger partial charge is 3.00 e. The summed E-state index contributed by atoms with van der Waals surface area (Å²) in [6.45, 7) is 13.3. The Labute approximate surface area is 224 Å². The van der Waals surface area contributed by atoms with Crippen LogP contribution in [0, 0.1) is 24.3 Å². The smallest absolute Gasteiger partial charge is 0.999 e. The Morgan fingerprint density at radius 1 is 0.548 bits per heavy atom. The van der Waals surface area contributed by atoms with Crippen LogP contribution in [0.25, 0.3) is 0 Å². The Kier molecular flexibility index (Phi) is 54.0. The van der Waals surface area contributed by atoms with Crippen LogP contribution in [0.2, 0.25) is 0 Å². The summed E-state index contributed by atoms with van der Waals surface area (Å²) in [5.41, 5.74) is 0. The van der Waals surface area contributed by atoms with Gasteiger partial charge in [-0.2, -0.15) is 0 Å². The quantitative estimate of drug-likeness (QED) is 0.192. The van der Waals surface area contributed by atoms with E-state index >= 15 is 0 Å². The number of hydrogen-bond donors (Lipinski definition) is 0. The van der Waals surface area contributed by atoms with E-state index in [2.05, 4.69) is 51.4 Å². The maximum Gasteiger partial charge on any atom is 3.00 e. The summed E-state index contributed by atoms with van der Waals surface area (Å²) in [5.74, 6) is 0. The van der Waals surface area contributed by atoms with Crippen molar-refractivity contribution in [3.63, 3.8) is 0 Å². The molecular weight excluding hydrogens is 523 g/mol. The molecule has 0 aliphatic rings. The van der Waals surface area contributed by atoms with Crippen LogP contribution in [0.1, 0.15) is 41.5 Å². The van der Waals surface area contributed by atoms with Crippen molar-refractivity contribution >= 4 is 25.8 Å². The van der Waals surface area contributed by atoms with Gasteiger partial charge in [-0.25, -0.2) is 0 Å². The van der Waals surface area contributed by atoms with E-state index in [-0.39, 0.29) is 46.3 Å². The van der Waals surface area contributed by atoms with Crippen LogP contribution in [-0.2, 0) is 43.9 Å². The first-order valence-electron chi connectivity index (χ1n) is 8.95. The van der Waals surface area contributed by atoms with E-state index in [1.165, 1.54) is 0 Å². The minimum absolute atomic E-state index is 0. The van der Waals surface area contributed by atoms with Crippen LogP contribution in [-0.4, -0.2) is 39.6 Å². The summed E-state index contributed by atoms with van der Waals surface area (Å²) < 4.78 is 27.4. The van der Waals surface area contributed by atoms with Crippen LogP contribution in [0.5, 0.6) is 0 Å². The predicted molar refractivity (Wildman–Crippen MR) is 108 cm³/mol. The molecule has 0 aliphatic carbocycles. The van der Waals surface area contributed by atoms with Crippen LogP contribution >= 0.6 is 25.8 Å². The zero-order valence-electron chi connectivity index (χ0n) is 19.2. The fourth-order valence-electron chi connectivity index (χ4n) is 0.925. The topological polar surface area (TPSA) is 125 Å². The van der Waals surface area contributed by atoms with E-state index in [1.54, 1.807) is 47.6 Å². The Morgan fingerprint density at radius 3 is 0.839 bits per heavy atom. The number of rotatable bonds is 12. The minimum Gasteiger partial charge on any atom is -0.999 e. The maximum atomic E-state index is 10.3. The molecular formula is C17H31CoNaO9P3-4. The molecule has 0 amide bonds. The fraction of sp³-hybridized carbons (Fsp3) is 0.706. The molecule has 1 aromatic carbocycles. The first-order valence-corrected chi connectivity index (χ1v) is 12.2. The third-order valence-electron chi connectivity index (χ3n) is 1.76. The van der Waals surface area contributed by atoms with E-state index in [0.29, 0.717) is 39.6 Å². The normalized spacial score (nSPS) is 9.42. The summed E-state index contributed by atoms with van der Waals surface area (Å²) in [5, 5.41) is 0. The van der Waals surface area contributed by atoms with Crippen molar-refractivity contribution in [2.45, 2.75) is 41.5 Å². The van der Waals surface area contributed by atoms with Crippen molar-refractivity contribution in [1.29, 1.82) is 0 Å². The standard InChI is InChI=1S/C5H.3C4H10O3P.Co.Na/c1-2-4-5-3-1;3*1-3-6-8(5)7-4-2;;/h1H;3*3-4H2,1-2H3;;/q-5;3*-1;+3;+1. The van der Waals surface area contributed by atoms with Gasteiger partial charge in [0.15, 0.2) is 0 Å². The van der Waals surface area contributed by atoms with E-state index in [1.807, 2.05) is 0 Å². The molecule has 182 valence electrons. The van der Waals surface area contributed by atoms with Crippen molar-refractivity contribution in [3.05, 3.63) is 30.3 Å². The van der Waals surface area contributed by atoms with Crippen molar-refractivity contribution < 1.29 is 88.2 Å². The Balaban J connectivity index is -0.0000000958. The maximum absolute atomic E-state index is 10.3. The number of hydrogen-bond acceptors (Lipinski definition) is 9. The molecule has 0 aliphatic heterocycles. The van der Waals surface area contributed by atoms with Gasteiger partial charge in [-0.15, -0.1) is 0 Å². The predicted octanol–water partition coefficient (Wildman–Crippen LogP) is -0.452. The summed E-state index contributed by atoms with van der Waals surface area (Å²) >= 11 is 0. The first-order chi connectivity index (χ1) is 13.9. The molecule has 0 bridgehead atoms. The average molecular weight is 554 g/mol. The van der Waals surface area contributed by atoms with Gasteiger partial charge in [0, 0.05) is 39.6 Å². The van der Waals surface area contributed by atoms with Gasteiger partial charge in [0.1, 0.15) is 0 Å². The second kappa shape index (κ2) is 39.0. The van der Waals surface area contributed by atoms with Gasteiger partial charge in [0.2, 0.25) is 0 Å². The molecule has 31 heavy (non-hydrogen) atoms. The third-order valence-corrected chi connectivity index (χ3v) is 4.57. The Bertz CT molecular complexity index is 306. The van der Waals surface area contributed by atoms with E-state index in [4.69, 9.17) is 0 Å².